The molecular formula is C24H50N. The van der Waals surface area contributed by atoms with Crippen molar-refractivity contribution in [2.24, 2.45) is 0 Å². The number of unbranched alkanes of at least 4 members (excludes halogenated alkanes) is 19. The average molecular weight is 353 g/mol. The van der Waals surface area contributed by atoms with Crippen molar-refractivity contribution in [3.05, 3.63) is 6.54 Å². The van der Waals surface area contributed by atoms with Gasteiger partial charge in [0.2, 0.25) is 0 Å². The lowest BCUT2D eigenvalue weighted by Gasteiger charge is -2.04. The zero-order valence-corrected chi connectivity index (χ0v) is 17.9. The van der Waals surface area contributed by atoms with Crippen molar-refractivity contribution in [3.63, 3.8) is 0 Å². The highest BCUT2D eigenvalue weighted by Crippen LogP contribution is 2.14. The van der Waals surface area contributed by atoms with Crippen LogP contribution in [-0.2, 0) is 0 Å². The summed E-state index contributed by atoms with van der Waals surface area (Å²) in [4.78, 5) is 0. The van der Waals surface area contributed by atoms with E-state index in [2.05, 4.69) is 25.7 Å². The Morgan fingerprint density at radius 1 is 0.440 bits per heavy atom. The molecule has 0 aliphatic rings. The van der Waals surface area contributed by atoms with E-state index in [1.807, 2.05) is 0 Å². The molecule has 0 spiro atoms. The van der Waals surface area contributed by atoms with Crippen molar-refractivity contribution in [3.8, 4) is 0 Å². The van der Waals surface area contributed by atoms with Gasteiger partial charge in [0.15, 0.2) is 0 Å². The largest absolute Gasteiger partial charge is 0.313 e. The van der Waals surface area contributed by atoms with Crippen LogP contribution < -0.4 is 5.32 Å². The first-order valence-corrected chi connectivity index (χ1v) is 11.9. The summed E-state index contributed by atoms with van der Waals surface area (Å²) in [6.07, 6.45) is 29.1. The molecular weight excluding hydrogens is 302 g/mol. The molecule has 151 valence electrons. The quantitative estimate of drug-likeness (QED) is 0.192. The third kappa shape index (κ3) is 24.0. The van der Waals surface area contributed by atoms with E-state index in [-0.39, 0.29) is 0 Å². The number of hydrogen-bond donors (Lipinski definition) is 1. The van der Waals surface area contributed by atoms with Crippen molar-refractivity contribution >= 4 is 0 Å². The van der Waals surface area contributed by atoms with Gasteiger partial charge in [0, 0.05) is 6.54 Å². The molecule has 1 radical (unpaired) electrons. The Kier molecular flexibility index (Phi) is 23.9. The van der Waals surface area contributed by atoms with Gasteiger partial charge in [-0.1, -0.05) is 129 Å². The molecule has 0 atom stereocenters. The lowest BCUT2D eigenvalue weighted by molar-refractivity contribution is 0.521. The van der Waals surface area contributed by atoms with Crippen molar-refractivity contribution in [2.75, 3.05) is 6.54 Å². The number of nitrogens with one attached hydrogen (secondary N) is 1. The summed E-state index contributed by atoms with van der Waals surface area (Å²) >= 11 is 0. The van der Waals surface area contributed by atoms with Crippen LogP contribution in [0.2, 0.25) is 0 Å². The van der Waals surface area contributed by atoms with E-state index in [0.29, 0.717) is 0 Å². The Morgan fingerprint density at radius 3 is 1.00 bits per heavy atom. The molecule has 25 heavy (non-hydrogen) atoms. The molecule has 0 heterocycles. The summed E-state index contributed by atoms with van der Waals surface area (Å²) in [5, 5.41) is 3.28. The third-order valence-electron chi connectivity index (χ3n) is 5.38. The maximum absolute atomic E-state index is 3.28. The zero-order chi connectivity index (χ0) is 18.3. The molecule has 0 amide bonds. The Hall–Kier alpha value is -0.0400. The molecule has 1 heteroatoms. The fourth-order valence-corrected chi connectivity index (χ4v) is 3.63. The molecule has 1 N–H and O–H groups in total. The van der Waals surface area contributed by atoms with Crippen LogP contribution in [0, 0.1) is 6.54 Å². The van der Waals surface area contributed by atoms with Crippen molar-refractivity contribution < 1.29 is 0 Å². The molecule has 0 bridgehead atoms. The van der Waals surface area contributed by atoms with Gasteiger partial charge in [-0.05, 0) is 19.9 Å². The minimum atomic E-state index is 1.16. The fourth-order valence-electron chi connectivity index (χ4n) is 3.63. The Bertz CT molecular complexity index is 192. The van der Waals surface area contributed by atoms with Gasteiger partial charge in [-0.2, -0.15) is 0 Å². The van der Waals surface area contributed by atoms with Gasteiger partial charge < -0.3 is 5.32 Å². The number of rotatable bonds is 22. The van der Waals surface area contributed by atoms with Gasteiger partial charge >= 0.3 is 0 Å². The molecule has 1 nitrogen and oxygen atoms in total. The zero-order valence-electron chi connectivity index (χ0n) is 17.9. The maximum atomic E-state index is 3.28. The summed E-state index contributed by atoms with van der Waals surface area (Å²) in [5.74, 6) is 0. The van der Waals surface area contributed by atoms with Crippen LogP contribution in [0.5, 0.6) is 0 Å². The average Bonchev–Trinajstić information content (AvgIpc) is 2.63. The summed E-state index contributed by atoms with van der Waals surface area (Å²) in [6.45, 7) is 7.58. The van der Waals surface area contributed by atoms with Crippen LogP contribution >= 0.6 is 0 Å². The Balaban J connectivity index is 2.94. The van der Waals surface area contributed by atoms with Gasteiger partial charge in [-0.3, -0.25) is 0 Å². The van der Waals surface area contributed by atoms with Crippen LogP contribution in [0.3, 0.4) is 0 Å². The SMILES string of the molecule is C[CH]NCCCCCCCCCCCCCCCCCCCCCC. The van der Waals surface area contributed by atoms with Gasteiger partial charge in [-0.15, -0.1) is 0 Å². The molecule has 0 aromatic heterocycles. The Morgan fingerprint density at radius 2 is 0.720 bits per heavy atom. The molecule has 0 aromatic carbocycles. The third-order valence-corrected chi connectivity index (χ3v) is 5.38. The predicted octanol–water partition coefficient (Wildman–Crippen LogP) is 8.58. The van der Waals surface area contributed by atoms with Crippen molar-refractivity contribution in [2.45, 2.75) is 142 Å². The van der Waals surface area contributed by atoms with Crippen LogP contribution in [-0.4, -0.2) is 6.54 Å². The van der Waals surface area contributed by atoms with E-state index < -0.39 is 0 Å². The fraction of sp³-hybridized carbons (Fsp3) is 0.958. The second kappa shape index (κ2) is 24.0. The monoisotopic (exact) mass is 352 g/mol. The first kappa shape index (κ1) is 25.0. The first-order chi connectivity index (χ1) is 12.4. The summed E-state index contributed by atoms with van der Waals surface area (Å²) in [6, 6.07) is 0. The second-order valence-electron chi connectivity index (χ2n) is 7.96. The molecule has 0 rings (SSSR count). The van der Waals surface area contributed by atoms with E-state index in [0.717, 1.165) is 6.54 Å². The number of hydrogen-bond acceptors (Lipinski definition) is 1. The minimum absolute atomic E-state index is 1.16. The summed E-state index contributed by atoms with van der Waals surface area (Å²) < 4.78 is 0. The normalized spacial score (nSPS) is 11.3. The lowest BCUT2D eigenvalue weighted by Crippen LogP contribution is -2.08. The highest BCUT2D eigenvalue weighted by Gasteiger charge is 1.95. The molecule has 0 fully saturated rings. The highest BCUT2D eigenvalue weighted by atomic mass is 14.8. The van der Waals surface area contributed by atoms with Crippen LogP contribution in [0.15, 0.2) is 0 Å². The summed E-state index contributed by atoms with van der Waals surface area (Å²) in [5.41, 5.74) is 0. The topological polar surface area (TPSA) is 12.0 Å². The van der Waals surface area contributed by atoms with Crippen LogP contribution in [0.1, 0.15) is 142 Å². The van der Waals surface area contributed by atoms with Gasteiger partial charge in [0.05, 0.1) is 0 Å². The van der Waals surface area contributed by atoms with Crippen molar-refractivity contribution in [1.82, 2.24) is 5.32 Å². The van der Waals surface area contributed by atoms with Crippen LogP contribution in [0.4, 0.5) is 0 Å². The first-order valence-electron chi connectivity index (χ1n) is 11.9. The molecule has 0 saturated heterocycles. The maximum Gasteiger partial charge on any atom is 0.0190 e. The molecule has 0 saturated carbocycles. The van der Waals surface area contributed by atoms with E-state index >= 15 is 0 Å². The summed E-state index contributed by atoms with van der Waals surface area (Å²) in [7, 11) is 0. The van der Waals surface area contributed by atoms with E-state index in [1.165, 1.54) is 128 Å². The van der Waals surface area contributed by atoms with Crippen molar-refractivity contribution in [1.29, 1.82) is 0 Å². The van der Waals surface area contributed by atoms with E-state index in [9.17, 15) is 0 Å². The molecule has 0 aliphatic heterocycles. The smallest absolute Gasteiger partial charge is 0.0190 e. The van der Waals surface area contributed by atoms with E-state index in [4.69, 9.17) is 0 Å². The standard InChI is InChI=1S/C24H50N/c1-3-5-6-7-8-9-10-11-12-13-14-15-16-17-18-19-20-21-22-23-24-25-4-2/h4,25H,3,5-24H2,1-2H3. The van der Waals surface area contributed by atoms with E-state index in [1.54, 1.807) is 0 Å². The molecule has 0 aromatic rings. The minimum Gasteiger partial charge on any atom is -0.313 e. The Labute approximate surface area is 161 Å². The van der Waals surface area contributed by atoms with Crippen LogP contribution in [0.25, 0.3) is 0 Å². The highest BCUT2D eigenvalue weighted by molar-refractivity contribution is 4.54. The molecule has 0 aliphatic carbocycles. The van der Waals surface area contributed by atoms with Gasteiger partial charge in [0.1, 0.15) is 0 Å². The van der Waals surface area contributed by atoms with Gasteiger partial charge in [0.25, 0.3) is 0 Å². The predicted molar refractivity (Wildman–Crippen MR) is 116 cm³/mol. The molecule has 0 unspecified atom stereocenters. The second-order valence-corrected chi connectivity index (χ2v) is 7.96. The van der Waals surface area contributed by atoms with Gasteiger partial charge in [-0.25, -0.2) is 0 Å². The lowest BCUT2D eigenvalue weighted by atomic mass is 10.0.